The van der Waals surface area contributed by atoms with Gasteiger partial charge in [0.2, 0.25) is 0 Å². The van der Waals surface area contributed by atoms with E-state index in [1.165, 1.54) is 37.8 Å². The molecule has 1 unspecified atom stereocenters. The Kier molecular flexibility index (Phi) is 5.67. The summed E-state index contributed by atoms with van der Waals surface area (Å²) in [7, 11) is 1.77. The van der Waals surface area contributed by atoms with Crippen molar-refractivity contribution in [3.8, 4) is 5.75 Å². The first-order valence-electron chi connectivity index (χ1n) is 7.30. The number of aromatic hydroxyl groups is 1. The average molecular weight is 263 g/mol. The van der Waals surface area contributed by atoms with Gasteiger partial charge in [0, 0.05) is 26.3 Å². The monoisotopic (exact) mass is 263 g/mol. The lowest BCUT2D eigenvalue weighted by Crippen LogP contribution is -2.39. The average Bonchev–Trinajstić information content (AvgIpc) is 2.41. The molecule has 0 aliphatic carbocycles. The Bertz CT molecular complexity index is 381. The molecule has 1 heterocycles. The van der Waals surface area contributed by atoms with E-state index in [1.54, 1.807) is 13.2 Å². The molecule has 2 rings (SSSR count). The van der Waals surface area contributed by atoms with Gasteiger partial charge in [0.25, 0.3) is 0 Å². The number of piperidine rings is 1. The molecule has 106 valence electrons. The van der Waals surface area contributed by atoms with Crippen molar-refractivity contribution in [1.82, 2.24) is 4.90 Å². The summed E-state index contributed by atoms with van der Waals surface area (Å²) >= 11 is 0. The van der Waals surface area contributed by atoms with Gasteiger partial charge in [-0.05, 0) is 49.9 Å². The first kappa shape index (κ1) is 14.4. The fourth-order valence-electron chi connectivity index (χ4n) is 2.95. The topological polar surface area (TPSA) is 32.7 Å². The maximum atomic E-state index is 9.55. The number of phenols is 1. The van der Waals surface area contributed by atoms with Crippen LogP contribution in [-0.4, -0.2) is 36.3 Å². The van der Waals surface area contributed by atoms with Gasteiger partial charge in [0.05, 0.1) is 0 Å². The first-order chi connectivity index (χ1) is 9.29. The van der Waals surface area contributed by atoms with Crippen molar-refractivity contribution in [3.63, 3.8) is 0 Å². The number of hydrogen-bond donors (Lipinski definition) is 1. The maximum absolute atomic E-state index is 9.55. The van der Waals surface area contributed by atoms with E-state index in [2.05, 4.69) is 11.0 Å². The fraction of sp³-hybridized carbons (Fsp3) is 0.625. The van der Waals surface area contributed by atoms with Gasteiger partial charge in [-0.25, -0.2) is 0 Å². The summed E-state index contributed by atoms with van der Waals surface area (Å²) in [5.74, 6) is 0.366. The quantitative estimate of drug-likeness (QED) is 0.800. The standard InChI is InChI=1S/C16H25NO2/c1-19-11-5-8-15-7-2-3-10-17(15)13-14-6-4-9-16(18)12-14/h4,6,9,12,15,18H,2-3,5,7-8,10-11,13H2,1H3. The molecule has 1 fully saturated rings. The molecule has 0 bridgehead atoms. The van der Waals surface area contributed by atoms with Gasteiger partial charge < -0.3 is 9.84 Å². The molecule has 0 spiro atoms. The molecular formula is C16H25NO2. The summed E-state index contributed by atoms with van der Waals surface area (Å²) < 4.78 is 5.15. The van der Waals surface area contributed by atoms with Crippen molar-refractivity contribution in [2.45, 2.75) is 44.7 Å². The van der Waals surface area contributed by atoms with Gasteiger partial charge in [-0.3, -0.25) is 4.90 Å². The lowest BCUT2D eigenvalue weighted by atomic mass is 9.97. The smallest absolute Gasteiger partial charge is 0.115 e. The number of methoxy groups -OCH3 is 1. The van der Waals surface area contributed by atoms with E-state index >= 15 is 0 Å². The Morgan fingerprint density at radius 3 is 3.05 bits per heavy atom. The van der Waals surface area contributed by atoms with Crippen LogP contribution in [0.15, 0.2) is 24.3 Å². The largest absolute Gasteiger partial charge is 0.508 e. The minimum atomic E-state index is 0.366. The zero-order valence-corrected chi connectivity index (χ0v) is 11.8. The summed E-state index contributed by atoms with van der Waals surface area (Å²) in [4.78, 5) is 2.56. The zero-order chi connectivity index (χ0) is 13.5. The van der Waals surface area contributed by atoms with Gasteiger partial charge in [0.1, 0.15) is 5.75 Å². The molecule has 1 aromatic carbocycles. The SMILES string of the molecule is COCCCC1CCCCN1Cc1cccc(O)c1. The molecule has 1 aliphatic heterocycles. The second kappa shape index (κ2) is 7.51. The van der Waals surface area contributed by atoms with Gasteiger partial charge in [-0.1, -0.05) is 18.6 Å². The lowest BCUT2D eigenvalue weighted by molar-refractivity contribution is 0.116. The van der Waals surface area contributed by atoms with Crippen LogP contribution in [0, 0.1) is 0 Å². The molecule has 0 radical (unpaired) electrons. The summed E-state index contributed by atoms with van der Waals surface area (Å²) in [6.07, 6.45) is 6.28. The van der Waals surface area contributed by atoms with Crippen LogP contribution in [0.1, 0.15) is 37.7 Å². The number of ether oxygens (including phenoxy) is 1. The number of likely N-dealkylation sites (tertiary alicyclic amines) is 1. The molecule has 0 aromatic heterocycles. The Hall–Kier alpha value is -1.06. The summed E-state index contributed by atoms with van der Waals surface area (Å²) in [5.41, 5.74) is 1.21. The number of benzene rings is 1. The van der Waals surface area contributed by atoms with Crippen molar-refractivity contribution in [1.29, 1.82) is 0 Å². The first-order valence-corrected chi connectivity index (χ1v) is 7.30. The second-order valence-corrected chi connectivity index (χ2v) is 5.43. The molecule has 0 amide bonds. The Morgan fingerprint density at radius 2 is 2.26 bits per heavy atom. The van der Waals surface area contributed by atoms with Gasteiger partial charge in [-0.2, -0.15) is 0 Å². The summed E-state index contributed by atoms with van der Waals surface area (Å²) in [6.45, 7) is 2.98. The molecule has 3 nitrogen and oxygen atoms in total. The van der Waals surface area contributed by atoms with Crippen molar-refractivity contribution < 1.29 is 9.84 Å². The van der Waals surface area contributed by atoms with Gasteiger partial charge in [0.15, 0.2) is 0 Å². The van der Waals surface area contributed by atoms with Crippen molar-refractivity contribution >= 4 is 0 Å². The predicted octanol–water partition coefficient (Wildman–Crippen LogP) is 3.17. The van der Waals surface area contributed by atoms with E-state index < -0.39 is 0 Å². The minimum absolute atomic E-state index is 0.366. The molecule has 1 aliphatic rings. The Morgan fingerprint density at radius 1 is 1.37 bits per heavy atom. The van der Waals surface area contributed by atoms with E-state index in [-0.39, 0.29) is 0 Å². The Balaban J connectivity index is 1.91. The van der Waals surface area contributed by atoms with Crippen molar-refractivity contribution in [2.75, 3.05) is 20.3 Å². The van der Waals surface area contributed by atoms with E-state index in [0.29, 0.717) is 11.8 Å². The highest BCUT2D eigenvalue weighted by Gasteiger charge is 2.21. The fourth-order valence-corrected chi connectivity index (χ4v) is 2.95. The van der Waals surface area contributed by atoms with E-state index in [1.807, 2.05) is 12.1 Å². The van der Waals surface area contributed by atoms with Crippen LogP contribution >= 0.6 is 0 Å². The van der Waals surface area contributed by atoms with Crippen molar-refractivity contribution in [2.24, 2.45) is 0 Å². The molecule has 1 N–H and O–H groups in total. The van der Waals surface area contributed by atoms with E-state index in [9.17, 15) is 5.11 Å². The minimum Gasteiger partial charge on any atom is -0.508 e. The van der Waals surface area contributed by atoms with Crippen molar-refractivity contribution in [3.05, 3.63) is 29.8 Å². The number of hydrogen-bond acceptors (Lipinski definition) is 3. The third-order valence-corrected chi connectivity index (χ3v) is 3.93. The number of nitrogens with zero attached hydrogens (tertiary/aromatic N) is 1. The van der Waals surface area contributed by atoms with Gasteiger partial charge in [-0.15, -0.1) is 0 Å². The molecule has 0 saturated carbocycles. The summed E-state index contributed by atoms with van der Waals surface area (Å²) in [6, 6.07) is 8.30. The Labute approximate surface area is 116 Å². The van der Waals surface area contributed by atoms with Crippen LogP contribution in [0.4, 0.5) is 0 Å². The van der Waals surface area contributed by atoms with Crippen LogP contribution in [0.5, 0.6) is 5.75 Å². The third kappa shape index (κ3) is 4.51. The highest BCUT2D eigenvalue weighted by Crippen LogP contribution is 2.23. The number of rotatable bonds is 6. The van der Waals surface area contributed by atoms with Crippen LogP contribution < -0.4 is 0 Å². The highest BCUT2D eigenvalue weighted by atomic mass is 16.5. The number of phenolic OH excluding ortho intramolecular Hbond substituents is 1. The zero-order valence-electron chi connectivity index (χ0n) is 11.8. The molecule has 1 aromatic rings. The van der Waals surface area contributed by atoms with E-state index in [4.69, 9.17) is 4.74 Å². The normalized spacial score (nSPS) is 20.6. The van der Waals surface area contributed by atoms with Gasteiger partial charge >= 0.3 is 0 Å². The highest BCUT2D eigenvalue weighted by molar-refractivity contribution is 5.27. The molecule has 19 heavy (non-hydrogen) atoms. The maximum Gasteiger partial charge on any atom is 0.115 e. The van der Waals surface area contributed by atoms with Crippen LogP contribution in [0.25, 0.3) is 0 Å². The van der Waals surface area contributed by atoms with E-state index in [0.717, 1.165) is 19.6 Å². The molecular weight excluding hydrogens is 238 g/mol. The second-order valence-electron chi connectivity index (χ2n) is 5.43. The predicted molar refractivity (Wildman–Crippen MR) is 77.3 cm³/mol. The molecule has 1 saturated heterocycles. The van der Waals surface area contributed by atoms with Crippen LogP contribution in [-0.2, 0) is 11.3 Å². The third-order valence-electron chi connectivity index (χ3n) is 3.93. The van der Waals surface area contributed by atoms with Crippen LogP contribution in [0.3, 0.4) is 0 Å². The van der Waals surface area contributed by atoms with Crippen LogP contribution in [0.2, 0.25) is 0 Å². The molecule has 3 heteroatoms. The summed E-state index contributed by atoms with van der Waals surface area (Å²) in [5, 5.41) is 9.55. The lowest BCUT2D eigenvalue weighted by Gasteiger charge is -2.36. The molecule has 1 atom stereocenters.